The van der Waals surface area contributed by atoms with E-state index < -0.39 is 18.2 Å². The quantitative estimate of drug-likeness (QED) is 0.913. The number of aliphatic carboxylic acids is 1. The Balaban J connectivity index is 1.92. The maximum absolute atomic E-state index is 10.9. The monoisotopic (exact) mass is 263 g/mol. The number of fused-ring (bicyclic) bond motifs is 1. The molecule has 1 fully saturated rings. The Kier molecular flexibility index (Phi) is 2.87. The molecule has 0 saturated carbocycles. The van der Waals surface area contributed by atoms with Gasteiger partial charge >= 0.3 is 5.97 Å². The summed E-state index contributed by atoms with van der Waals surface area (Å²) in [6.45, 7) is 0. The standard InChI is InChI=1S/C13H13NO5/c1-17-7-3-2-4-8-11(7)14-12(19-8)9-5-6-10(18-9)13(15)16/h2-4,9-10H,5-6H2,1H3,(H,15,16). The predicted molar refractivity (Wildman–Crippen MR) is 65.0 cm³/mol. The fourth-order valence-electron chi connectivity index (χ4n) is 2.24. The normalized spacial score (nSPS) is 22.8. The van der Waals surface area contributed by atoms with Gasteiger partial charge in [-0.2, -0.15) is 0 Å². The van der Waals surface area contributed by atoms with Gasteiger partial charge in [0.25, 0.3) is 0 Å². The summed E-state index contributed by atoms with van der Waals surface area (Å²) >= 11 is 0. The maximum atomic E-state index is 10.9. The lowest BCUT2D eigenvalue weighted by atomic mass is 10.2. The molecule has 1 aliphatic heterocycles. The van der Waals surface area contributed by atoms with Gasteiger partial charge in [-0.15, -0.1) is 0 Å². The zero-order valence-corrected chi connectivity index (χ0v) is 10.3. The molecule has 2 heterocycles. The number of carbonyl (C=O) groups is 1. The zero-order valence-electron chi connectivity index (χ0n) is 10.3. The lowest BCUT2D eigenvalue weighted by molar-refractivity contribution is -0.149. The fraction of sp³-hybridized carbons (Fsp3) is 0.385. The van der Waals surface area contributed by atoms with Gasteiger partial charge in [0.1, 0.15) is 11.9 Å². The minimum absolute atomic E-state index is 0.404. The highest BCUT2D eigenvalue weighted by Crippen LogP contribution is 2.35. The van der Waals surface area contributed by atoms with Crippen molar-refractivity contribution < 1.29 is 23.8 Å². The number of benzene rings is 1. The Morgan fingerprint density at radius 3 is 3.00 bits per heavy atom. The van der Waals surface area contributed by atoms with Crippen LogP contribution in [0.3, 0.4) is 0 Å². The zero-order chi connectivity index (χ0) is 13.4. The Bertz CT molecular complexity index is 621. The number of ether oxygens (including phenoxy) is 2. The van der Waals surface area contributed by atoms with Gasteiger partial charge in [-0.3, -0.25) is 0 Å². The SMILES string of the molecule is COc1cccc2oc(C3CCC(C(=O)O)O3)nc12. The summed E-state index contributed by atoms with van der Waals surface area (Å²) in [5, 5.41) is 8.90. The van der Waals surface area contributed by atoms with E-state index in [4.69, 9.17) is 19.0 Å². The van der Waals surface area contributed by atoms with Crippen molar-refractivity contribution >= 4 is 17.1 Å². The van der Waals surface area contributed by atoms with Gasteiger partial charge in [-0.1, -0.05) is 6.07 Å². The number of aromatic nitrogens is 1. The second-order valence-electron chi connectivity index (χ2n) is 4.39. The van der Waals surface area contributed by atoms with Crippen LogP contribution in [-0.4, -0.2) is 29.3 Å². The summed E-state index contributed by atoms with van der Waals surface area (Å²) < 4.78 is 16.2. The molecule has 2 atom stereocenters. The number of methoxy groups -OCH3 is 1. The molecular weight excluding hydrogens is 250 g/mol. The molecule has 1 saturated heterocycles. The molecule has 100 valence electrons. The van der Waals surface area contributed by atoms with E-state index in [1.54, 1.807) is 19.2 Å². The Labute approximate surface area is 108 Å². The molecule has 2 aromatic rings. The first kappa shape index (κ1) is 12.0. The molecule has 1 aliphatic rings. The minimum atomic E-state index is -0.948. The molecular formula is C13H13NO5. The lowest BCUT2D eigenvalue weighted by Crippen LogP contribution is -2.18. The molecule has 2 unspecified atom stereocenters. The van der Waals surface area contributed by atoms with Crippen molar-refractivity contribution in [1.29, 1.82) is 0 Å². The number of hydrogen-bond donors (Lipinski definition) is 1. The second-order valence-corrected chi connectivity index (χ2v) is 4.39. The van der Waals surface area contributed by atoms with Gasteiger partial charge in [0.15, 0.2) is 17.2 Å². The Morgan fingerprint density at radius 2 is 2.32 bits per heavy atom. The van der Waals surface area contributed by atoms with Gasteiger partial charge in [-0.05, 0) is 25.0 Å². The number of carboxylic acid groups (broad SMARTS) is 1. The molecule has 0 bridgehead atoms. The number of oxazole rings is 1. The number of nitrogens with zero attached hydrogens (tertiary/aromatic N) is 1. The van der Waals surface area contributed by atoms with E-state index in [2.05, 4.69) is 4.98 Å². The molecule has 3 rings (SSSR count). The van der Waals surface area contributed by atoms with E-state index in [0.717, 1.165) is 0 Å². The number of carboxylic acids is 1. The summed E-state index contributed by atoms with van der Waals surface area (Å²) in [4.78, 5) is 15.2. The van der Waals surface area contributed by atoms with Crippen molar-refractivity contribution in [1.82, 2.24) is 4.98 Å². The minimum Gasteiger partial charge on any atom is -0.494 e. The summed E-state index contributed by atoms with van der Waals surface area (Å²) in [6, 6.07) is 5.40. The van der Waals surface area contributed by atoms with Crippen molar-refractivity contribution in [2.45, 2.75) is 25.0 Å². The van der Waals surface area contributed by atoms with Crippen molar-refractivity contribution in [3.63, 3.8) is 0 Å². The summed E-state index contributed by atoms with van der Waals surface area (Å²) in [5.41, 5.74) is 1.24. The summed E-state index contributed by atoms with van der Waals surface area (Å²) in [6.07, 6.45) is -0.123. The third kappa shape index (κ3) is 2.04. The van der Waals surface area contributed by atoms with E-state index in [1.807, 2.05) is 6.07 Å². The molecule has 0 amide bonds. The first-order valence-corrected chi connectivity index (χ1v) is 6.00. The van der Waals surface area contributed by atoms with Crippen LogP contribution in [0.1, 0.15) is 24.8 Å². The van der Waals surface area contributed by atoms with Gasteiger partial charge in [0.2, 0.25) is 5.89 Å². The van der Waals surface area contributed by atoms with Crippen LogP contribution in [0, 0.1) is 0 Å². The molecule has 6 heteroatoms. The molecule has 1 aromatic heterocycles. The van der Waals surface area contributed by atoms with E-state index >= 15 is 0 Å². The maximum Gasteiger partial charge on any atom is 0.332 e. The molecule has 0 radical (unpaired) electrons. The smallest absolute Gasteiger partial charge is 0.332 e. The van der Waals surface area contributed by atoms with Gasteiger partial charge < -0.3 is 19.0 Å². The first-order chi connectivity index (χ1) is 9.19. The highest BCUT2D eigenvalue weighted by atomic mass is 16.5. The van der Waals surface area contributed by atoms with Crippen molar-refractivity contribution in [3.8, 4) is 5.75 Å². The predicted octanol–water partition coefficient (Wildman–Crippen LogP) is 2.14. The van der Waals surface area contributed by atoms with Crippen LogP contribution >= 0.6 is 0 Å². The number of hydrogen-bond acceptors (Lipinski definition) is 5. The molecule has 19 heavy (non-hydrogen) atoms. The molecule has 0 spiro atoms. The van der Waals surface area contributed by atoms with Gasteiger partial charge in [0.05, 0.1) is 7.11 Å². The third-order valence-corrected chi connectivity index (χ3v) is 3.19. The molecule has 6 nitrogen and oxygen atoms in total. The Morgan fingerprint density at radius 1 is 1.47 bits per heavy atom. The third-order valence-electron chi connectivity index (χ3n) is 3.19. The van der Waals surface area contributed by atoms with Gasteiger partial charge in [-0.25, -0.2) is 9.78 Å². The van der Waals surface area contributed by atoms with Gasteiger partial charge in [0, 0.05) is 0 Å². The second kappa shape index (κ2) is 4.55. The molecule has 0 aliphatic carbocycles. The van der Waals surface area contributed by atoms with E-state index in [1.165, 1.54) is 0 Å². The van der Waals surface area contributed by atoms with Crippen LogP contribution in [0.25, 0.3) is 11.1 Å². The van der Waals surface area contributed by atoms with Crippen LogP contribution in [0.15, 0.2) is 22.6 Å². The van der Waals surface area contributed by atoms with Crippen LogP contribution in [0.5, 0.6) is 5.75 Å². The summed E-state index contributed by atoms with van der Waals surface area (Å²) in [5.74, 6) is 0.0831. The average Bonchev–Trinajstić information content (AvgIpc) is 3.04. The van der Waals surface area contributed by atoms with Crippen LogP contribution in [-0.2, 0) is 9.53 Å². The van der Waals surface area contributed by atoms with E-state index in [-0.39, 0.29) is 0 Å². The van der Waals surface area contributed by atoms with Crippen LogP contribution < -0.4 is 4.74 Å². The largest absolute Gasteiger partial charge is 0.494 e. The van der Waals surface area contributed by atoms with Crippen LogP contribution in [0.2, 0.25) is 0 Å². The van der Waals surface area contributed by atoms with Crippen molar-refractivity contribution in [3.05, 3.63) is 24.1 Å². The van der Waals surface area contributed by atoms with E-state index in [0.29, 0.717) is 35.6 Å². The van der Waals surface area contributed by atoms with E-state index in [9.17, 15) is 4.79 Å². The average molecular weight is 263 g/mol. The highest BCUT2D eigenvalue weighted by Gasteiger charge is 2.34. The molecule has 1 N–H and O–H groups in total. The highest BCUT2D eigenvalue weighted by molar-refractivity contribution is 5.79. The van der Waals surface area contributed by atoms with Crippen molar-refractivity contribution in [2.75, 3.05) is 7.11 Å². The first-order valence-electron chi connectivity index (χ1n) is 6.00. The Hall–Kier alpha value is -2.08. The lowest BCUT2D eigenvalue weighted by Gasteiger charge is -2.06. The van der Waals surface area contributed by atoms with Crippen molar-refractivity contribution in [2.24, 2.45) is 0 Å². The van der Waals surface area contributed by atoms with Crippen LogP contribution in [0.4, 0.5) is 0 Å². The number of para-hydroxylation sites is 1. The number of rotatable bonds is 3. The summed E-state index contributed by atoms with van der Waals surface area (Å²) in [7, 11) is 1.57. The fourth-order valence-corrected chi connectivity index (χ4v) is 2.24. The molecule has 1 aromatic carbocycles. The topological polar surface area (TPSA) is 81.8 Å².